The van der Waals surface area contributed by atoms with E-state index < -0.39 is 88.9 Å². The second-order valence-corrected chi connectivity index (χ2v) is 11.7. The molecule has 11 nitrogen and oxygen atoms in total. The van der Waals surface area contributed by atoms with Gasteiger partial charge in [-0.1, -0.05) is 0 Å². The first-order chi connectivity index (χ1) is 21.0. The number of carbonyl (C=O) groups excluding carboxylic acids is 3. The molecule has 0 bridgehead atoms. The summed E-state index contributed by atoms with van der Waals surface area (Å²) in [4.78, 5) is 44.6. The van der Waals surface area contributed by atoms with Gasteiger partial charge >= 0.3 is 57.6 Å². The van der Waals surface area contributed by atoms with Crippen molar-refractivity contribution in [2.45, 2.75) is 43.6 Å². The number of amides is 1. The molecule has 1 saturated carbocycles. The van der Waals surface area contributed by atoms with E-state index in [2.05, 4.69) is 10.3 Å². The minimum absolute atomic E-state index is 0. The normalized spacial score (nSPS) is 24.4. The molecular weight excluding hydrogens is 643 g/mol. The average molecular weight is 676 g/mol. The molecule has 1 fully saturated rings. The Morgan fingerprint density at radius 2 is 1.89 bits per heavy atom. The van der Waals surface area contributed by atoms with E-state index in [1.165, 1.54) is 37.3 Å². The Bertz CT molecular complexity index is 1680. The van der Waals surface area contributed by atoms with Gasteiger partial charge in [0.15, 0.2) is 11.4 Å². The molecule has 3 aliphatic carbocycles. The number of fused-ring (bicyclic) bond motifs is 3. The molecule has 0 unspecified atom stereocenters. The molecule has 242 valence electrons. The van der Waals surface area contributed by atoms with Gasteiger partial charge in [-0.15, -0.1) is 0 Å². The summed E-state index contributed by atoms with van der Waals surface area (Å²) in [6.45, 7) is -0.782. The summed E-state index contributed by atoms with van der Waals surface area (Å²) in [5, 5.41) is 48.2. The number of rotatable bonds is 7. The number of aliphatic hydroxyl groups is 3. The van der Waals surface area contributed by atoms with Gasteiger partial charge in [0.25, 0.3) is 5.91 Å². The number of nitrogens with zero attached hydrogens (tertiary/aromatic N) is 2. The number of benzene rings is 1. The number of phenolic OH excluding ortho intramolecular Hbond substituents is 1. The van der Waals surface area contributed by atoms with Crippen LogP contribution < -0.4 is 62.4 Å². The van der Waals surface area contributed by atoms with Crippen LogP contribution in [-0.2, 0) is 27.3 Å². The molecule has 0 saturated heterocycles. The summed E-state index contributed by atoms with van der Waals surface area (Å²) >= 11 is 0. The molecule has 3 aliphatic rings. The van der Waals surface area contributed by atoms with E-state index in [0.717, 1.165) is 6.07 Å². The zero-order valence-corrected chi connectivity index (χ0v) is 28.2. The summed E-state index contributed by atoms with van der Waals surface area (Å²) in [5.74, 6) is -8.95. The molecule has 0 spiro atoms. The van der Waals surface area contributed by atoms with Crippen molar-refractivity contribution in [2.75, 3.05) is 20.6 Å². The van der Waals surface area contributed by atoms with E-state index in [1.807, 2.05) is 0 Å². The molecule has 1 aromatic heterocycles. The van der Waals surface area contributed by atoms with Crippen LogP contribution in [0.4, 0.5) is 17.6 Å². The number of pyridine rings is 1. The van der Waals surface area contributed by atoms with E-state index in [1.54, 1.807) is 0 Å². The topological polar surface area (TPSA) is 186 Å². The van der Waals surface area contributed by atoms with Crippen LogP contribution in [0.15, 0.2) is 41.3 Å². The second kappa shape index (κ2) is 13.1. The molecule has 2 aromatic rings. The number of hydrogen-bond donors (Lipinski definition) is 6. The Morgan fingerprint density at radius 1 is 1.22 bits per heavy atom. The van der Waals surface area contributed by atoms with Crippen molar-refractivity contribution < 1.29 is 105 Å². The molecule has 1 aromatic carbocycles. The van der Waals surface area contributed by atoms with Crippen LogP contribution in [0.2, 0.25) is 0 Å². The fraction of sp³-hybridized carbons (Fsp3) is 0.400. The molecule has 7 N–H and O–H groups in total. The maximum absolute atomic E-state index is 14.1. The maximum Gasteiger partial charge on any atom is 1.00 e. The van der Waals surface area contributed by atoms with E-state index in [-0.39, 0.29) is 88.9 Å². The minimum Gasteiger partial charge on any atom is -1.00 e. The Kier molecular flexibility index (Phi) is 10.3. The molecule has 1 amide bonds. The Balaban J connectivity index is 0.00000300. The zero-order valence-electron chi connectivity index (χ0n) is 26.1. The van der Waals surface area contributed by atoms with Gasteiger partial charge in [-0.05, 0) is 62.2 Å². The first kappa shape index (κ1) is 36.1. The van der Waals surface area contributed by atoms with Crippen LogP contribution in [0.1, 0.15) is 31.0 Å². The van der Waals surface area contributed by atoms with Crippen LogP contribution in [-0.4, -0.2) is 86.2 Å². The number of phenols is 1. The quantitative estimate of drug-likeness (QED) is 0.0723. The number of aromatic hydroxyl groups is 1. The fourth-order valence-corrected chi connectivity index (χ4v) is 6.75. The van der Waals surface area contributed by atoms with Crippen molar-refractivity contribution in [2.24, 2.45) is 17.6 Å². The summed E-state index contributed by atoms with van der Waals surface area (Å²) < 4.78 is 51.8. The molecular formula is C30H31F4KN4O7. The van der Waals surface area contributed by atoms with E-state index >= 15 is 0 Å². The van der Waals surface area contributed by atoms with Crippen molar-refractivity contribution in [3.8, 4) is 16.9 Å². The van der Waals surface area contributed by atoms with E-state index in [4.69, 9.17) is 5.73 Å². The molecule has 46 heavy (non-hydrogen) atoms. The van der Waals surface area contributed by atoms with Crippen molar-refractivity contribution >= 4 is 23.2 Å². The first-order valence-electron chi connectivity index (χ1n) is 13.9. The van der Waals surface area contributed by atoms with Crippen LogP contribution >= 0.6 is 0 Å². The number of aromatic nitrogens is 1. The first-order valence-corrected chi connectivity index (χ1v) is 13.9. The third kappa shape index (κ3) is 6.05. The zero-order chi connectivity index (χ0) is 33.2. The summed E-state index contributed by atoms with van der Waals surface area (Å²) in [6.07, 6.45) is -4.58. The van der Waals surface area contributed by atoms with Gasteiger partial charge in [0.1, 0.15) is 22.8 Å². The van der Waals surface area contributed by atoms with Gasteiger partial charge < -0.3 is 32.9 Å². The van der Waals surface area contributed by atoms with Gasteiger partial charge in [-0.25, -0.2) is 4.98 Å². The number of Topliss-reactive ketones (excluding diaryl/α,β-unsaturated/α-hetero) is 2. The van der Waals surface area contributed by atoms with Crippen molar-refractivity contribution in [3.05, 3.63) is 63.9 Å². The average Bonchev–Trinajstić information content (AvgIpc) is 2.93. The third-order valence-electron chi connectivity index (χ3n) is 8.74. The number of halogens is 4. The number of alkyl halides is 3. The summed E-state index contributed by atoms with van der Waals surface area (Å²) in [6, 6.07) is 2.66. The van der Waals surface area contributed by atoms with Crippen molar-refractivity contribution in [3.63, 3.8) is 0 Å². The predicted molar refractivity (Wildman–Crippen MR) is 151 cm³/mol. The summed E-state index contributed by atoms with van der Waals surface area (Å²) in [7, 11) is 2.96. The number of aliphatic hydroxyl groups excluding tert-OH is 2. The Labute approximate surface area is 304 Å². The molecule has 4 atom stereocenters. The number of nitrogens with one attached hydrogen (secondary N) is 1. The molecule has 0 radical (unpaired) electrons. The van der Waals surface area contributed by atoms with E-state index in [9.17, 15) is 52.4 Å². The van der Waals surface area contributed by atoms with Crippen LogP contribution in [0, 0.1) is 17.8 Å². The number of ketones is 2. The number of nitrogens with two attached hydrogens (primary N) is 1. The minimum atomic E-state index is -4.43. The van der Waals surface area contributed by atoms with Crippen LogP contribution in [0.25, 0.3) is 16.9 Å². The Morgan fingerprint density at radius 3 is 2.46 bits per heavy atom. The summed E-state index contributed by atoms with van der Waals surface area (Å²) in [5.41, 5.74) is 1.94. The number of carbonyl (C=O) groups is 3. The standard InChI is InChI=1S/C30H30F4N4O7.K.H/c1-38(2)22-17-9-13-7-16-15(12-3-4-18(31)37-11-12)8-14(10-36-6-5-29(32,33)34)23(39)20(16)24(40)19(13)26(42)30(17,45)27(43)21(25(22)41)28(35)44;;/h3-4,8,11,13,17,22,36,39-40,43,45H,5-7,9-10H2,1-2H3,(H2,35,44);;/q;+1;-1/t13-,17-,22-,30-;;/m0../s1/i;;1+1. The number of primary amides is 1. The number of likely N-dealkylation sites (N-methyl/N-ethyl adjacent to an activating group) is 1. The third-order valence-corrected chi connectivity index (χ3v) is 8.74. The van der Waals surface area contributed by atoms with Crippen molar-refractivity contribution in [1.82, 2.24) is 15.2 Å². The molecule has 16 heteroatoms. The van der Waals surface area contributed by atoms with Gasteiger partial charge in [0.05, 0.1) is 18.0 Å². The van der Waals surface area contributed by atoms with Crippen molar-refractivity contribution in [1.29, 1.82) is 0 Å². The van der Waals surface area contributed by atoms with Gasteiger partial charge in [-0.2, -0.15) is 17.6 Å². The molecule has 0 aliphatic heterocycles. The second-order valence-electron chi connectivity index (χ2n) is 11.7. The smallest absolute Gasteiger partial charge is 1.00 e. The van der Waals surface area contributed by atoms with Crippen LogP contribution in [0.3, 0.4) is 0 Å². The molecule has 5 rings (SSSR count). The van der Waals surface area contributed by atoms with Gasteiger partial charge in [0.2, 0.25) is 11.7 Å². The molecule has 1 heterocycles. The van der Waals surface area contributed by atoms with Gasteiger partial charge in [0, 0.05) is 41.9 Å². The van der Waals surface area contributed by atoms with Gasteiger partial charge in [-0.3, -0.25) is 19.3 Å². The number of hydrogen-bond acceptors (Lipinski definition) is 10. The fourth-order valence-electron chi connectivity index (χ4n) is 6.75. The van der Waals surface area contributed by atoms with Crippen LogP contribution in [0.5, 0.6) is 5.75 Å². The Hall–Kier alpha value is -2.70. The van der Waals surface area contributed by atoms with E-state index in [0.29, 0.717) is 16.7 Å². The largest absolute Gasteiger partial charge is 1.00 e. The predicted octanol–water partition coefficient (Wildman–Crippen LogP) is -0.676. The SMILES string of the molecule is CN(C)[C@@H]1C(=O)C(C(N)=O)=C(O)[C@@]2(O)C(=O)C3=C(O)c4c(O)c(CNCCC(F)(F)F)cc(-c5ccc(F)nc5)c4C[C@H]3C[C@@H]12.[2H-].[K+]. The monoisotopic (exact) mass is 675 g/mol. The maximum atomic E-state index is 14.1.